The summed E-state index contributed by atoms with van der Waals surface area (Å²) in [5.74, 6) is 1.23. The van der Waals surface area contributed by atoms with Gasteiger partial charge in [-0.05, 0) is 30.5 Å². The van der Waals surface area contributed by atoms with E-state index in [1.165, 1.54) is 16.2 Å². The van der Waals surface area contributed by atoms with Crippen LogP contribution in [0.2, 0.25) is 0 Å². The molecule has 1 atom stereocenters. The summed E-state index contributed by atoms with van der Waals surface area (Å²) < 4.78 is 47.7. The summed E-state index contributed by atoms with van der Waals surface area (Å²) in [4.78, 5) is 32.9. The number of H-pyrrole nitrogens is 1. The van der Waals surface area contributed by atoms with E-state index in [2.05, 4.69) is 25.3 Å². The Morgan fingerprint density at radius 2 is 1.98 bits per heavy atom. The van der Waals surface area contributed by atoms with E-state index in [0.717, 1.165) is 31.2 Å². The quantitative estimate of drug-likeness (QED) is 0.312. The van der Waals surface area contributed by atoms with Gasteiger partial charge in [-0.15, -0.1) is 0 Å². The number of alkyl halides is 3. The largest absolute Gasteiger partial charge is 0.434 e. The summed E-state index contributed by atoms with van der Waals surface area (Å²) in [6, 6.07) is 10.5. The number of pyridine rings is 1. The van der Waals surface area contributed by atoms with E-state index < -0.39 is 11.9 Å². The molecule has 1 saturated heterocycles. The number of hydrogen-bond donors (Lipinski definition) is 2. The maximum absolute atomic E-state index is 13.1. The third-order valence-electron chi connectivity index (χ3n) is 6.80. The molecule has 5 heterocycles. The Hall–Kier alpha value is -4.52. The van der Waals surface area contributed by atoms with E-state index in [0.29, 0.717) is 40.5 Å². The summed E-state index contributed by atoms with van der Waals surface area (Å²) in [5, 5.41) is 3.33. The van der Waals surface area contributed by atoms with Crippen LogP contribution in [0.4, 0.5) is 19.0 Å². The highest BCUT2D eigenvalue weighted by molar-refractivity contribution is 5.76. The summed E-state index contributed by atoms with van der Waals surface area (Å²) in [5.41, 5.74) is 1.58. The van der Waals surface area contributed by atoms with Crippen LogP contribution in [0.15, 0.2) is 59.8 Å². The number of benzene rings is 1. The second-order valence-corrected chi connectivity index (χ2v) is 9.62. The highest BCUT2D eigenvalue weighted by Gasteiger charge is 2.34. The van der Waals surface area contributed by atoms with Gasteiger partial charge in [0, 0.05) is 38.2 Å². The summed E-state index contributed by atoms with van der Waals surface area (Å²) >= 11 is 0. The van der Waals surface area contributed by atoms with Crippen molar-refractivity contribution < 1.29 is 17.9 Å². The molecule has 0 bridgehead atoms. The van der Waals surface area contributed by atoms with Gasteiger partial charge in [0.1, 0.15) is 17.2 Å². The number of nitrogens with one attached hydrogen (secondary N) is 2. The van der Waals surface area contributed by atoms with Crippen LogP contribution >= 0.6 is 0 Å². The number of aryl methyl sites for hydroxylation is 1. The predicted molar refractivity (Wildman–Crippen MR) is 142 cm³/mol. The van der Waals surface area contributed by atoms with Crippen molar-refractivity contribution in [2.75, 3.05) is 18.5 Å². The maximum atomic E-state index is 13.1. The second kappa shape index (κ2) is 10.2. The lowest BCUT2D eigenvalue weighted by Gasteiger charge is -2.13. The molecule has 40 heavy (non-hydrogen) atoms. The van der Waals surface area contributed by atoms with Crippen molar-refractivity contribution in [1.82, 2.24) is 34.1 Å². The fourth-order valence-electron chi connectivity index (χ4n) is 4.78. The molecule has 1 fully saturated rings. The molecule has 206 valence electrons. The normalized spacial score (nSPS) is 15.7. The van der Waals surface area contributed by atoms with Crippen LogP contribution in [0.1, 0.15) is 24.1 Å². The minimum Gasteiger partial charge on any atom is -0.376 e. The first-order valence-electron chi connectivity index (χ1n) is 12.7. The Kier molecular flexibility index (Phi) is 6.58. The van der Waals surface area contributed by atoms with Crippen LogP contribution in [0.5, 0.6) is 0 Å². The van der Waals surface area contributed by atoms with Crippen LogP contribution in [-0.4, -0.2) is 53.3 Å². The molecule has 1 aromatic carbocycles. The number of anilines is 1. The molecule has 10 nitrogen and oxygen atoms in total. The van der Waals surface area contributed by atoms with Gasteiger partial charge < -0.3 is 19.6 Å². The molecular weight excluding hydrogens is 525 g/mol. The van der Waals surface area contributed by atoms with Crippen molar-refractivity contribution in [2.24, 2.45) is 7.05 Å². The molecule has 1 aliphatic heterocycles. The smallest absolute Gasteiger partial charge is 0.376 e. The van der Waals surface area contributed by atoms with Crippen LogP contribution in [0.3, 0.4) is 0 Å². The SMILES string of the molecule is Cn1cc(C(F)(F)F)nc1-c1ccc(Cn2c(=O)[nH]c3cnc(-c4cccnc4NCC4CCCO4)nc32)cc1. The number of rotatable bonds is 7. The average molecular weight is 551 g/mol. The fraction of sp³-hybridized carbons (Fsp3) is 0.296. The highest BCUT2D eigenvalue weighted by atomic mass is 19.4. The summed E-state index contributed by atoms with van der Waals surface area (Å²) in [6.07, 6.45) is 1.84. The molecule has 0 amide bonds. The summed E-state index contributed by atoms with van der Waals surface area (Å²) in [6.45, 7) is 1.57. The predicted octanol–water partition coefficient (Wildman–Crippen LogP) is 4.24. The molecule has 6 rings (SSSR count). The van der Waals surface area contributed by atoms with Gasteiger partial charge in [0.25, 0.3) is 0 Å². The van der Waals surface area contributed by atoms with Crippen molar-refractivity contribution in [3.8, 4) is 22.8 Å². The molecule has 1 aliphatic rings. The fourth-order valence-corrected chi connectivity index (χ4v) is 4.78. The van der Waals surface area contributed by atoms with Gasteiger partial charge >= 0.3 is 11.9 Å². The first-order valence-corrected chi connectivity index (χ1v) is 12.7. The number of ether oxygens (including phenoxy) is 1. The molecule has 0 aliphatic carbocycles. The zero-order valence-electron chi connectivity index (χ0n) is 21.4. The van der Waals surface area contributed by atoms with Gasteiger partial charge in [-0.2, -0.15) is 13.2 Å². The Balaban J connectivity index is 1.27. The van der Waals surface area contributed by atoms with Gasteiger partial charge in [0.15, 0.2) is 17.2 Å². The molecule has 0 spiro atoms. The molecule has 1 unspecified atom stereocenters. The zero-order valence-corrected chi connectivity index (χ0v) is 21.4. The van der Waals surface area contributed by atoms with Crippen LogP contribution < -0.4 is 11.0 Å². The first-order chi connectivity index (χ1) is 19.3. The standard InChI is InChI=1S/C27H25F3N8O2/c1-37-15-21(27(28,29)30)35-24(37)17-8-6-16(7-9-17)14-38-25-20(34-26(38)39)13-33-23(36-25)19-5-2-10-31-22(19)32-12-18-4-3-11-40-18/h2,5-10,13,15,18H,3-4,11-12,14H2,1H3,(H,31,32)(H,34,39). The molecule has 4 aromatic heterocycles. The van der Waals surface area contributed by atoms with E-state index in [-0.39, 0.29) is 24.2 Å². The average Bonchev–Trinajstić information content (AvgIpc) is 3.67. The van der Waals surface area contributed by atoms with Gasteiger partial charge in [-0.1, -0.05) is 24.3 Å². The lowest BCUT2D eigenvalue weighted by atomic mass is 10.1. The topological polar surface area (TPSA) is 116 Å². The lowest BCUT2D eigenvalue weighted by molar-refractivity contribution is -0.140. The second-order valence-electron chi connectivity index (χ2n) is 9.62. The summed E-state index contributed by atoms with van der Waals surface area (Å²) in [7, 11) is 1.51. The van der Waals surface area contributed by atoms with E-state index in [1.807, 2.05) is 6.07 Å². The first kappa shape index (κ1) is 25.7. The number of aromatic nitrogens is 7. The van der Waals surface area contributed by atoms with E-state index >= 15 is 0 Å². The maximum Gasteiger partial charge on any atom is 0.434 e. The third-order valence-corrected chi connectivity index (χ3v) is 6.80. The van der Waals surface area contributed by atoms with E-state index in [9.17, 15) is 18.0 Å². The van der Waals surface area contributed by atoms with Crippen LogP contribution in [0, 0.1) is 0 Å². The number of imidazole rings is 2. The lowest BCUT2D eigenvalue weighted by Crippen LogP contribution is -2.19. The van der Waals surface area contributed by atoms with Gasteiger partial charge in [0.2, 0.25) is 0 Å². The van der Waals surface area contributed by atoms with Crippen molar-refractivity contribution >= 4 is 17.0 Å². The Morgan fingerprint density at radius 3 is 2.70 bits per heavy atom. The van der Waals surface area contributed by atoms with Crippen molar-refractivity contribution in [3.05, 3.63) is 76.7 Å². The number of nitrogens with zero attached hydrogens (tertiary/aromatic N) is 6. The highest BCUT2D eigenvalue weighted by Crippen LogP contribution is 2.31. The Bertz CT molecular complexity index is 1720. The molecule has 0 saturated carbocycles. The van der Waals surface area contributed by atoms with Crippen LogP contribution in [0.25, 0.3) is 33.9 Å². The minimum absolute atomic E-state index is 0.128. The molecule has 0 radical (unpaired) electrons. The van der Waals surface area contributed by atoms with Gasteiger partial charge in [-0.25, -0.2) is 24.7 Å². The van der Waals surface area contributed by atoms with E-state index in [1.54, 1.807) is 42.7 Å². The van der Waals surface area contributed by atoms with Crippen LogP contribution in [-0.2, 0) is 24.5 Å². The monoisotopic (exact) mass is 550 g/mol. The zero-order chi connectivity index (χ0) is 27.9. The molecule has 5 aromatic rings. The van der Waals surface area contributed by atoms with Gasteiger partial charge in [-0.3, -0.25) is 4.57 Å². The third kappa shape index (κ3) is 5.07. The Morgan fingerprint density at radius 1 is 1.15 bits per heavy atom. The number of aromatic amines is 1. The number of halogens is 3. The molecule has 2 N–H and O–H groups in total. The Labute approximate surface area is 225 Å². The van der Waals surface area contributed by atoms with E-state index in [4.69, 9.17) is 9.72 Å². The number of fused-ring (bicyclic) bond motifs is 1. The van der Waals surface area contributed by atoms with Gasteiger partial charge in [0.05, 0.1) is 24.4 Å². The minimum atomic E-state index is -4.52. The number of hydrogen-bond acceptors (Lipinski definition) is 7. The molecular formula is C27H25F3N8O2. The van der Waals surface area contributed by atoms with Crippen molar-refractivity contribution in [2.45, 2.75) is 31.7 Å². The van der Waals surface area contributed by atoms with Crippen molar-refractivity contribution in [3.63, 3.8) is 0 Å². The molecule has 13 heteroatoms. The van der Waals surface area contributed by atoms with Crippen molar-refractivity contribution in [1.29, 1.82) is 0 Å².